The number of rotatable bonds is 4. The summed E-state index contributed by atoms with van der Waals surface area (Å²) in [6.45, 7) is 3.74. The van der Waals surface area contributed by atoms with E-state index in [0.29, 0.717) is 6.42 Å². The normalized spacial score (nSPS) is 13.4. The highest BCUT2D eigenvalue weighted by Crippen LogP contribution is 2.36. The summed E-state index contributed by atoms with van der Waals surface area (Å²) >= 11 is 5.55. The first-order valence-electron chi connectivity index (χ1n) is 6.04. The molecule has 0 fully saturated rings. The van der Waals surface area contributed by atoms with Crippen molar-refractivity contribution in [3.63, 3.8) is 0 Å². The van der Waals surface area contributed by atoms with Crippen molar-refractivity contribution in [3.05, 3.63) is 28.8 Å². The molecule has 0 bridgehead atoms. The van der Waals surface area contributed by atoms with Gasteiger partial charge in [0.2, 0.25) is 5.91 Å². The third kappa shape index (κ3) is 4.68. The Kier molecular flexibility index (Phi) is 5.42. The fourth-order valence-electron chi connectivity index (χ4n) is 1.70. The Bertz CT molecular complexity index is 489. The number of benzene rings is 1. The predicted octanol–water partition coefficient (Wildman–Crippen LogP) is 3.67. The summed E-state index contributed by atoms with van der Waals surface area (Å²) in [4.78, 5) is 11.8. The molecular weight excluding hydrogens is 293 g/mol. The van der Waals surface area contributed by atoms with Crippen LogP contribution in [0.15, 0.2) is 18.2 Å². The zero-order valence-electron chi connectivity index (χ0n) is 11.1. The number of alkyl halides is 3. The van der Waals surface area contributed by atoms with E-state index in [0.717, 1.165) is 12.1 Å². The molecule has 0 saturated heterocycles. The van der Waals surface area contributed by atoms with Crippen LogP contribution in [0.3, 0.4) is 0 Å². The number of nitrogens with one attached hydrogen (secondary N) is 1. The molecule has 0 aromatic heterocycles. The molecule has 3 nitrogen and oxygen atoms in total. The number of anilines is 1. The molecule has 20 heavy (non-hydrogen) atoms. The van der Waals surface area contributed by atoms with Crippen molar-refractivity contribution in [2.75, 3.05) is 5.32 Å². The fourth-order valence-corrected chi connectivity index (χ4v) is 1.87. The molecule has 0 spiro atoms. The van der Waals surface area contributed by atoms with Crippen molar-refractivity contribution < 1.29 is 18.0 Å². The minimum atomic E-state index is -4.60. The summed E-state index contributed by atoms with van der Waals surface area (Å²) in [6, 6.07) is 2.31. The quantitative estimate of drug-likeness (QED) is 0.891. The van der Waals surface area contributed by atoms with Crippen LogP contribution >= 0.6 is 11.6 Å². The van der Waals surface area contributed by atoms with Crippen LogP contribution in [0.25, 0.3) is 0 Å². The van der Waals surface area contributed by atoms with Gasteiger partial charge in [-0.25, -0.2) is 0 Å². The van der Waals surface area contributed by atoms with Crippen LogP contribution in [-0.2, 0) is 11.0 Å². The molecule has 1 atom stereocenters. The lowest BCUT2D eigenvalue weighted by Crippen LogP contribution is -2.37. The topological polar surface area (TPSA) is 55.1 Å². The molecule has 3 N–H and O–H groups in total. The zero-order chi connectivity index (χ0) is 15.5. The van der Waals surface area contributed by atoms with Crippen LogP contribution < -0.4 is 11.1 Å². The van der Waals surface area contributed by atoms with Crippen molar-refractivity contribution in [3.8, 4) is 0 Å². The zero-order valence-corrected chi connectivity index (χ0v) is 11.8. The molecule has 1 rings (SSSR count). The maximum absolute atomic E-state index is 12.8. The fraction of sp³-hybridized carbons (Fsp3) is 0.462. The average molecular weight is 309 g/mol. The van der Waals surface area contributed by atoms with Crippen LogP contribution in [0.2, 0.25) is 5.02 Å². The summed E-state index contributed by atoms with van der Waals surface area (Å²) in [5.41, 5.74) is 4.30. The van der Waals surface area contributed by atoms with E-state index < -0.39 is 23.7 Å². The van der Waals surface area contributed by atoms with Crippen LogP contribution in [0.1, 0.15) is 25.8 Å². The number of hydrogen-bond acceptors (Lipinski definition) is 2. The minimum Gasteiger partial charge on any atom is -0.324 e. The summed E-state index contributed by atoms with van der Waals surface area (Å²) < 4.78 is 38.5. The van der Waals surface area contributed by atoms with Gasteiger partial charge < -0.3 is 11.1 Å². The van der Waals surface area contributed by atoms with Crippen LogP contribution in [-0.4, -0.2) is 11.9 Å². The standard InChI is InChI=1S/C13H16ClF3N2O/c1-7(2)5-10(18)12(20)19-11-4-3-8(14)6-9(11)13(15,16)17/h3-4,6-7,10H,5,18H2,1-2H3,(H,19,20)/t10-/m1/s1. The lowest BCUT2D eigenvalue weighted by molar-refractivity contribution is -0.137. The highest BCUT2D eigenvalue weighted by Gasteiger charge is 2.34. The number of hydrogen-bond donors (Lipinski definition) is 2. The Labute approximate surface area is 120 Å². The maximum Gasteiger partial charge on any atom is 0.418 e. The van der Waals surface area contributed by atoms with Gasteiger partial charge in [0, 0.05) is 5.02 Å². The molecule has 0 saturated carbocycles. The Hall–Kier alpha value is -1.27. The second-order valence-corrected chi connectivity index (χ2v) is 5.35. The van der Waals surface area contributed by atoms with E-state index in [9.17, 15) is 18.0 Å². The number of amides is 1. The van der Waals surface area contributed by atoms with Gasteiger partial charge in [-0.2, -0.15) is 13.2 Å². The molecule has 0 aliphatic rings. The number of nitrogens with two attached hydrogens (primary N) is 1. The highest BCUT2D eigenvalue weighted by atomic mass is 35.5. The van der Waals surface area contributed by atoms with E-state index in [1.807, 2.05) is 13.8 Å². The summed E-state index contributed by atoms with van der Waals surface area (Å²) in [5.74, 6) is -0.477. The van der Waals surface area contributed by atoms with Crippen molar-refractivity contribution in [2.45, 2.75) is 32.5 Å². The molecule has 1 amide bonds. The minimum absolute atomic E-state index is 0.0539. The molecule has 1 aromatic carbocycles. The summed E-state index contributed by atoms with van der Waals surface area (Å²) in [6.07, 6.45) is -4.21. The Morgan fingerprint density at radius 1 is 1.40 bits per heavy atom. The second kappa shape index (κ2) is 6.45. The molecule has 1 aromatic rings. The monoisotopic (exact) mass is 308 g/mol. The number of carbonyl (C=O) groups excluding carboxylic acids is 1. The van der Waals surface area contributed by atoms with Crippen LogP contribution in [0.4, 0.5) is 18.9 Å². The third-order valence-electron chi connectivity index (χ3n) is 2.61. The number of halogens is 4. The Balaban J connectivity index is 2.95. The molecular formula is C13H16ClF3N2O. The van der Waals surface area contributed by atoms with Gasteiger partial charge in [-0.3, -0.25) is 4.79 Å². The molecule has 7 heteroatoms. The predicted molar refractivity (Wildman–Crippen MR) is 72.5 cm³/mol. The smallest absolute Gasteiger partial charge is 0.324 e. The number of carbonyl (C=O) groups is 1. The van der Waals surface area contributed by atoms with Gasteiger partial charge in [0.1, 0.15) is 0 Å². The van der Waals surface area contributed by atoms with Crippen LogP contribution in [0, 0.1) is 5.92 Å². The lowest BCUT2D eigenvalue weighted by atomic mass is 10.0. The molecule has 0 unspecified atom stereocenters. The first-order chi connectivity index (χ1) is 9.11. The van der Waals surface area contributed by atoms with Gasteiger partial charge in [0.15, 0.2) is 0 Å². The first kappa shape index (κ1) is 16.8. The molecule has 0 aliphatic carbocycles. The molecule has 0 heterocycles. The van der Waals surface area contributed by atoms with Gasteiger partial charge in [0.05, 0.1) is 17.3 Å². The second-order valence-electron chi connectivity index (χ2n) is 4.91. The summed E-state index contributed by atoms with van der Waals surface area (Å²) in [5, 5.41) is 2.15. The van der Waals surface area contributed by atoms with Crippen molar-refractivity contribution >= 4 is 23.2 Å². The van der Waals surface area contributed by atoms with Crippen LogP contribution in [0.5, 0.6) is 0 Å². The maximum atomic E-state index is 12.8. The first-order valence-corrected chi connectivity index (χ1v) is 6.42. The van der Waals surface area contributed by atoms with E-state index in [2.05, 4.69) is 5.32 Å². The van der Waals surface area contributed by atoms with Gasteiger partial charge in [-0.15, -0.1) is 0 Å². The van der Waals surface area contributed by atoms with Gasteiger partial charge in [-0.05, 0) is 30.5 Å². The van der Waals surface area contributed by atoms with E-state index in [1.165, 1.54) is 6.07 Å². The van der Waals surface area contributed by atoms with Crippen molar-refractivity contribution in [2.24, 2.45) is 11.7 Å². The highest BCUT2D eigenvalue weighted by molar-refractivity contribution is 6.30. The van der Waals surface area contributed by atoms with E-state index >= 15 is 0 Å². The Morgan fingerprint density at radius 2 is 2.00 bits per heavy atom. The van der Waals surface area contributed by atoms with Crippen molar-refractivity contribution in [1.29, 1.82) is 0 Å². The SMILES string of the molecule is CC(C)C[C@@H](N)C(=O)Nc1ccc(Cl)cc1C(F)(F)F. The van der Waals surface area contributed by atoms with Gasteiger partial charge in [-0.1, -0.05) is 25.4 Å². The average Bonchev–Trinajstić information content (AvgIpc) is 2.29. The molecule has 112 valence electrons. The van der Waals surface area contributed by atoms with E-state index in [1.54, 1.807) is 0 Å². The summed E-state index contributed by atoms with van der Waals surface area (Å²) in [7, 11) is 0. The van der Waals surface area contributed by atoms with Crippen molar-refractivity contribution in [1.82, 2.24) is 0 Å². The Morgan fingerprint density at radius 3 is 2.50 bits per heavy atom. The van der Waals surface area contributed by atoms with E-state index in [-0.39, 0.29) is 16.6 Å². The lowest BCUT2D eigenvalue weighted by Gasteiger charge is -2.17. The van der Waals surface area contributed by atoms with Gasteiger partial charge >= 0.3 is 6.18 Å². The molecule has 0 aliphatic heterocycles. The third-order valence-corrected chi connectivity index (χ3v) is 2.84. The largest absolute Gasteiger partial charge is 0.418 e. The molecule has 0 radical (unpaired) electrons. The van der Waals surface area contributed by atoms with Gasteiger partial charge in [0.25, 0.3) is 0 Å². The van der Waals surface area contributed by atoms with E-state index in [4.69, 9.17) is 17.3 Å².